The Labute approximate surface area is 101 Å². The number of rotatable bonds is 6. The van der Waals surface area contributed by atoms with E-state index in [2.05, 4.69) is 13.0 Å². The average Bonchev–Trinajstić information content (AvgIpc) is 2.34. The summed E-state index contributed by atoms with van der Waals surface area (Å²) in [5.74, 6) is 0.185. The number of aromatic nitrogens is 1. The number of nitrogens with zero attached hydrogens (tertiary/aromatic N) is 2. The van der Waals surface area contributed by atoms with Gasteiger partial charge in [0, 0.05) is 12.7 Å². The fraction of sp³-hybridized carbons (Fsp3) is 0.538. The van der Waals surface area contributed by atoms with Gasteiger partial charge in [0.15, 0.2) is 5.75 Å². The molecule has 1 atom stereocenters. The monoisotopic (exact) mass is 234 g/mol. The lowest BCUT2D eigenvalue weighted by Gasteiger charge is -2.09. The summed E-state index contributed by atoms with van der Waals surface area (Å²) in [4.78, 5) is 11.9. The number of nitriles is 1. The fourth-order valence-electron chi connectivity index (χ4n) is 1.43. The second kappa shape index (κ2) is 6.74. The van der Waals surface area contributed by atoms with E-state index in [1.54, 1.807) is 25.3 Å². The number of hydrogen-bond donors (Lipinski definition) is 0. The predicted molar refractivity (Wildman–Crippen MR) is 65.9 cm³/mol. The molecule has 0 N–H and O–H groups in total. The molecule has 1 aromatic heterocycles. The molecule has 0 aliphatic carbocycles. The summed E-state index contributed by atoms with van der Waals surface area (Å²) in [6.07, 6.45) is 3.65. The van der Waals surface area contributed by atoms with Crippen LogP contribution >= 0.6 is 0 Å². The Bertz CT molecular complexity index is 445. The van der Waals surface area contributed by atoms with Crippen molar-refractivity contribution in [1.29, 1.82) is 5.26 Å². The van der Waals surface area contributed by atoms with Crippen molar-refractivity contribution in [2.45, 2.75) is 33.2 Å². The lowest BCUT2D eigenvalue weighted by Crippen LogP contribution is -2.23. The predicted octanol–water partition coefficient (Wildman–Crippen LogP) is 2.19. The van der Waals surface area contributed by atoms with Crippen molar-refractivity contribution in [3.8, 4) is 11.8 Å². The van der Waals surface area contributed by atoms with E-state index in [1.807, 2.05) is 0 Å². The van der Waals surface area contributed by atoms with Gasteiger partial charge in [0.1, 0.15) is 0 Å². The van der Waals surface area contributed by atoms with Crippen molar-refractivity contribution in [2.75, 3.05) is 6.61 Å². The summed E-state index contributed by atoms with van der Waals surface area (Å²) in [5, 5.41) is 8.73. The highest BCUT2D eigenvalue weighted by molar-refractivity contribution is 5.17. The van der Waals surface area contributed by atoms with Crippen molar-refractivity contribution < 1.29 is 4.74 Å². The van der Waals surface area contributed by atoms with Crippen LogP contribution in [0.3, 0.4) is 0 Å². The highest BCUT2D eigenvalue weighted by Gasteiger charge is 2.07. The Kier molecular flexibility index (Phi) is 5.28. The molecule has 92 valence electrons. The van der Waals surface area contributed by atoms with Crippen LogP contribution in [0, 0.1) is 17.2 Å². The van der Waals surface area contributed by atoms with E-state index in [-0.39, 0.29) is 11.5 Å². The average molecular weight is 234 g/mol. The molecule has 1 rings (SSSR count). The summed E-state index contributed by atoms with van der Waals surface area (Å²) in [5.41, 5.74) is -0.161. The summed E-state index contributed by atoms with van der Waals surface area (Å²) < 4.78 is 6.94. The molecule has 0 aliphatic heterocycles. The molecule has 0 radical (unpaired) electrons. The molecule has 0 saturated heterocycles. The first-order chi connectivity index (χ1) is 8.19. The van der Waals surface area contributed by atoms with Crippen LogP contribution in [0.5, 0.6) is 5.75 Å². The van der Waals surface area contributed by atoms with Crippen LogP contribution in [-0.4, -0.2) is 11.2 Å². The molecule has 0 fully saturated rings. The van der Waals surface area contributed by atoms with Gasteiger partial charge >= 0.3 is 0 Å². The van der Waals surface area contributed by atoms with E-state index < -0.39 is 0 Å². The van der Waals surface area contributed by atoms with Crippen molar-refractivity contribution in [1.82, 2.24) is 4.57 Å². The van der Waals surface area contributed by atoms with E-state index in [4.69, 9.17) is 10.00 Å². The lowest BCUT2D eigenvalue weighted by molar-refractivity contribution is 0.302. The van der Waals surface area contributed by atoms with Gasteiger partial charge in [-0.15, -0.1) is 0 Å². The van der Waals surface area contributed by atoms with E-state index in [1.165, 1.54) is 4.57 Å². The molecule has 4 heteroatoms. The van der Waals surface area contributed by atoms with Gasteiger partial charge in [-0.05, 0) is 25.5 Å². The van der Waals surface area contributed by atoms with Gasteiger partial charge in [-0.1, -0.05) is 13.3 Å². The Hall–Kier alpha value is -1.76. The molecular weight excluding hydrogens is 216 g/mol. The second-order valence-corrected chi connectivity index (χ2v) is 4.06. The molecule has 0 aliphatic rings. The van der Waals surface area contributed by atoms with Gasteiger partial charge in [-0.2, -0.15) is 5.26 Å². The lowest BCUT2D eigenvalue weighted by atomic mass is 10.2. The molecule has 1 heterocycles. The Morgan fingerprint density at radius 2 is 2.35 bits per heavy atom. The first-order valence-corrected chi connectivity index (χ1v) is 5.91. The van der Waals surface area contributed by atoms with E-state index >= 15 is 0 Å². The zero-order valence-electron chi connectivity index (χ0n) is 10.3. The Morgan fingerprint density at radius 3 is 3.00 bits per heavy atom. The highest BCUT2D eigenvalue weighted by Crippen LogP contribution is 2.05. The standard InChI is InChI=1S/C13H18N2O2/c1-3-4-8-17-12-6-5-7-15(13(12)16)10-11(2)9-14/h5-7,11H,3-4,8,10H2,1-2H3. The van der Waals surface area contributed by atoms with Crippen LogP contribution in [0.1, 0.15) is 26.7 Å². The molecule has 0 spiro atoms. The van der Waals surface area contributed by atoms with Gasteiger partial charge < -0.3 is 9.30 Å². The molecule has 0 bridgehead atoms. The van der Waals surface area contributed by atoms with Crippen LogP contribution < -0.4 is 10.3 Å². The number of unbranched alkanes of at least 4 members (excludes halogenated alkanes) is 1. The topological polar surface area (TPSA) is 55.0 Å². The molecule has 4 nitrogen and oxygen atoms in total. The first kappa shape index (κ1) is 13.3. The third-order valence-corrected chi connectivity index (χ3v) is 2.43. The van der Waals surface area contributed by atoms with Crippen LogP contribution in [-0.2, 0) is 6.54 Å². The first-order valence-electron chi connectivity index (χ1n) is 5.91. The molecule has 0 amide bonds. The minimum absolute atomic E-state index is 0.161. The zero-order valence-corrected chi connectivity index (χ0v) is 10.3. The Balaban J connectivity index is 2.77. The maximum Gasteiger partial charge on any atom is 0.292 e. The van der Waals surface area contributed by atoms with Gasteiger partial charge in [-0.25, -0.2) is 0 Å². The van der Waals surface area contributed by atoms with Crippen molar-refractivity contribution in [3.05, 3.63) is 28.7 Å². The molecular formula is C13H18N2O2. The molecule has 1 aromatic rings. The number of pyridine rings is 1. The zero-order chi connectivity index (χ0) is 12.7. The van der Waals surface area contributed by atoms with Crippen LogP contribution in [0.4, 0.5) is 0 Å². The highest BCUT2D eigenvalue weighted by atomic mass is 16.5. The Morgan fingerprint density at radius 1 is 1.59 bits per heavy atom. The minimum Gasteiger partial charge on any atom is -0.488 e. The van der Waals surface area contributed by atoms with Crippen molar-refractivity contribution in [3.63, 3.8) is 0 Å². The third kappa shape index (κ3) is 3.95. The van der Waals surface area contributed by atoms with Crippen molar-refractivity contribution >= 4 is 0 Å². The minimum atomic E-state index is -0.182. The van der Waals surface area contributed by atoms with E-state index in [0.717, 1.165) is 12.8 Å². The van der Waals surface area contributed by atoms with Gasteiger partial charge in [0.2, 0.25) is 0 Å². The quantitative estimate of drug-likeness (QED) is 0.709. The van der Waals surface area contributed by atoms with Crippen LogP contribution in [0.2, 0.25) is 0 Å². The molecule has 0 saturated carbocycles. The summed E-state index contributed by atoms with van der Waals surface area (Å²) in [6, 6.07) is 5.55. The van der Waals surface area contributed by atoms with E-state index in [9.17, 15) is 4.79 Å². The fourth-order valence-corrected chi connectivity index (χ4v) is 1.43. The SMILES string of the molecule is CCCCOc1cccn(CC(C)C#N)c1=O. The number of hydrogen-bond acceptors (Lipinski definition) is 3. The van der Waals surface area contributed by atoms with Gasteiger partial charge in [-0.3, -0.25) is 4.79 Å². The van der Waals surface area contributed by atoms with Gasteiger partial charge in [0.05, 0.1) is 18.6 Å². The smallest absolute Gasteiger partial charge is 0.292 e. The third-order valence-electron chi connectivity index (χ3n) is 2.43. The molecule has 17 heavy (non-hydrogen) atoms. The van der Waals surface area contributed by atoms with E-state index in [0.29, 0.717) is 18.9 Å². The largest absolute Gasteiger partial charge is 0.488 e. The second-order valence-electron chi connectivity index (χ2n) is 4.06. The molecule has 0 aromatic carbocycles. The summed E-state index contributed by atoms with van der Waals surface area (Å²) in [6.45, 7) is 4.82. The summed E-state index contributed by atoms with van der Waals surface area (Å²) in [7, 11) is 0. The van der Waals surface area contributed by atoms with Gasteiger partial charge in [0.25, 0.3) is 5.56 Å². The molecule has 1 unspecified atom stereocenters. The van der Waals surface area contributed by atoms with Crippen LogP contribution in [0.25, 0.3) is 0 Å². The normalized spacial score (nSPS) is 11.8. The van der Waals surface area contributed by atoms with Crippen LogP contribution in [0.15, 0.2) is 23.1 Å². The van der Waals surface area contributed by atoms with Crippen molar-refractivity contribution in [2.24, 2.45) is 5.92 Å². The maximum absolute atomic E-state index is 11.9. The number of ether oxygens (including phenoxy) is 1. The maximum atomic E-state index is 11.9. The summed E-state index contributed by atoms with van der Waals surface area (Å²) >= 11 is 0.